The molecule has 0 radical (unpaired) electrons. The maximum Gasteiger partial charge on any atom is 0.433 e. The van der Waals surface area contributed by atoms with Crippen molar-refractivity contribution in [3.05, 3.63) is 22.7 Å². The van der Waals surface area contributed by atoms with Crippen LogP contribution in [0.5, 0.6) is 0 Å². The van der Waals surface area contributed by atoms with E-state index in [2.05, 4.69) is 9.97 Å². The van der Waals surface area contributed by atoms with Gasteiger partial charge in [-0.2, -0.15) is 13.2 Å². The Morgan fingerprint density at radius 1 is 1.43 bits per heavy atom. The number of aryl methyl sites for hydroxylation is 1. The van der Waals surface area contributed by atoms with Crippen LogP contribution in [-0.4, -0.2) is 9.97 Å². The molecule has 0 aliphatic rings. The van der Waals surface area contributed by atoms with Crippen LogP contribution in [0.3, 0.4) is 0 Å². The average Bonchev–Trinajstić information content (AvgIpc) is 2.07. The highest BCUT2D eigenvalue weighted by atomic mass is 35.5. The van der Waals surface area contributed by atoms with Gasteiger partial charge in [0, 0.05) is 11.8 Å². The first kappa shape index (κ1) is 11.2. The first-order valence-electron chi connectivity index (χ1n) is 4.03. The fourth-order valence-electron chi connectivity index (χ4n) is 1.08. The van der Waals surface area contributed by atoms with Gasteiger partial charge in [-0.15, -0.1) is 0 Å². The van der Waals surface area contributed by atoms with Crippen molar-refractivity contribution >= 4 is 11.6 Å². The van der Waals surface area contributed by atoms with Crippen LogP contribution in [0.25, 0.3) is 0 Å². The fourth-order valence-corrected chi connectivity index (χ4v) is 1.22. The van der Waals surface area contributed by atoms with E-state index in [1.54, 1.807) is 6.92 Å². The molecule has 0 aromatic carbocycles. The third kappa shape index (κ3) is 2.57. The van der Waals surface area contributed by atoms with Crippen molar-refractivity contribution in [2.45, 2.75) is 25.9 Å². The third-order valence-electron chi connectivity index (χ3n) is 1.62. The van der Waals surface area contributed by atoms with E-state index in [0.29, 0.717) is 12.8 Å². The highest BCUT2D eigenvalue weighted by Crippen LogP contribution is 2.31. The molecule has 2 nitrogen and oxygen atoms in total. The summed E-state index contributed by atoms with van der Waals surface area (Å²) < 4.78 is 37.2. The van der Waals surface area contributed by atoms with Gasteiger partial charge in [0.05, 0.1) is 0 Å². The van der Waals surface area contributed by atoms with Crippen LogP contribution in [-0.2, 0) is 12.6 Å². The quantitative estimate of drug-likeness (QED) is 0.722. The predicted octanol–water partition coefficient (Wildman–Crippen LogP) is 3.10. The van der Waals surface area contributed by atoms with E-state index < -0.39 is 11.9 Å². The summed E-state index contributed by atoms with van der Waals surface area (Å²) in [6.45, 7) is 1.79. The lowest BCUT2D eigenvalue weighted by Gasteiger charge is -2.10. The number of aromatic nitrogens is 2. The molecule has 0 saturated carbocycles. The molecular formula is C8H8ClF3N2. The highest BCUT2D eigenvalue weighted by Gasteiger charge is 2.35. The predicted molar refractivity (Wildman–Crippen MR) is 46.0 cm³/mol. The van der Waals surface area contributed by atoms with E-state index in [-0.39, 0.29) is 10.8 Å². The minimum atomic E-state index is -4.46. The van der Waals surface area contributed by atoms with E-state index in [1.807, 2.05) is 0 Å². The summed E-state index contributed by atoms with van der Waals surface area (Å²) in [5.41, 5.74) is -0.844. The molecule has 1 heterocycles. The molecule has 0 atom stereocenters. The smallest absolute Gasteiger partial charge is 0.226 e. The summed E-state index contributed by atoms with van der Waals surface area (Å²) in [5.74, 6) is 0. The van der Waals surface area contributed by atoms with Gasteiger partial charge in [-0.05, 0) is 18.0 Å². The lowest BCUT2D eigenvalue weighted by atomic mass is 10.1. The Labute approximate surface area is 84.1 Å². The molecule has 0 unspecified atom stereocenters. The third-order valence-corrected chi connectivity index (χ3v) is 1.81. The van der Waals surface area contributed by atoms with Crippen molar-refractivity contribution in [2.75, 3.05) is 0 Å². The molecule has 1 aromatic rings. The van der Waals surface area contributed by atoms with Crippen LogP contribution >= 0.6 is 11.6 Å². The fraction of sp³-hybridized carbons (Fsp3) is 0.500. The molecule has 0 bridgehead atoms. The Kier molecular flexibility index (Phi) is 3.31. The summed E-state index contributed by atoms with van der Waals surface area (Å²) in [6.07, 6.45) is -2.43. The van der Waals surface area contributed by atoms with Gasteiger partial charge in [-0.25, -0.2) is 9.97 Å². The van der Waals surface area contributed by atoms with Crippen LogP contribution in [0.15, 0.2) is 6.20 Å². The van der Waals surface area contributed by atoms with Gasteiger partial charge in [0.2, 0.25) is 5.28 Å². The number of hydrogen-bond donors (Lipinski definition) is 0. The lowest BCUT2D eigenvalue weighted by molar-refractivity contribution is -0.141. The van der Waals surface area contributed by atoms with Crippen molar-refractivity contribution in [1.29, 1.82) is 0 Å². The van der Waals surface area contributed by atoms with Crippen LogP contribution < -0.4 is 0 Å². The van der Waals surface area contributed by atoms with E-state index in [1.165, 1.54) is 0 Å². The zero-order chi connectivity index (χ0) is 10.8. The summed E-state index contributed by atoms with van der Waals surface area (Å²) in [5, 5.41) is -0.378. The van der Waals surface area contributed by atoms with Crippen molar-refractivity contribution in [1.82, 2.24) is 9.97 Å². The number of rotatable bonds is 2. The molecule has 0 saturated heterocycles. The second kappa shape index (κ2) is 4.13. The van der Waals surface area contributed by atoms with Gasteiger partial charge < -0.3 is 0 Å². The summed E-state index contributed by atoms with van der Waals surface area (Å²) in [6, 6.07) is 0. The molecule has 78 valence electrons. The molecular weight excluding hydrogens is 217 g/mol. The summed E-state index contributed by atoms with van der Waals surface area (Å²) >= 11 is 5.30. The van der Waals surface area contributed by atoms with Crippen LogP contribution in [0.1, 0.15) is 24.6 Å². The van der Waals surface area contributed by atoms with Gasteiger partial charge in [-0.1, -0.05) is 13.3 Å². The van der Waals surface area contributed by atoms with Gasteiger partial charge >= 0.3 is 6.18 Å². The Bertz CT molecular complexity index is 325. The molecule has 0 spiro atoms. The van der Waals surface area contributed by atoms with E-state index in [0.717, 1.165) is 6.20 Å². The van der Waals surface area contributed by atoms with Crippen LogP contribution in [0.2, 0.25) is 5.28 Å². The van der Waals surface area contributed by atoms with E-state index >= 15 is 0 Å². The van der Waals surface area contributed by atoms with Crippen molar-refractivity contribution in [3.63, 3.8) is 0 Å². The Balaban J connectivity index is 3.16. The number of hydrogen-bond acceptors (Lipinski definition) is 2. The molecule has 1 aromatic heterocycles. The van der Waals surface area contributed by atoms with Gasteiger partial charge in [0.15, 0.2) is 5.69 Å². The number of nitrogens with zero attached hydrogens (tertiary/aromatic N) is 2. The zero-order valence-corrected chi connectivity index (χ0v) is 8.15. The standard InChI is InChI=1S/C8H8ClF3N2/c1-2-3-5-4-13-7(9)14-6(5)8(10,11)12/h4H,2-3H2,1H3. The van der Waals surface area contributed by atoms with E-state index in [4.69, 9.17) is 11.6 Å². The molecule has 0 aliphatic heterocycles. The molecule has 6 heteroatoms. The first-order chi connectivity index (χ1) is 6.45. The molecule has 14 heavy (non-hydrogen) atoms. The maximum atomic E-state index is 12.4. The normalized spacial score (nSPS) is 11.8. The molecule has 0 N–H and O–H groups in total. The number of alkyl halides is 3. The summed E-state index contributed by atoms with van der Waals surface area (Å²) in [4.78, 5) is 6.72. The van der Waals surface area contributed by atoms with Gasteiger partial charge in [-0.3, -0.25) is 0 Å². The monoisotopic (exact) mass is 224 g/mol. The second-order valence-electron chi connectivity index (χ2n) is 2.76. The van der Waals surface area contributed by atoms with Gasteiger partial charge in [0.1, 0.15) is 0 Å². The lowest BCUT2D eigenvalue weighted by Crippen LogP contribution is -2.12. The first-order valence-corrected chi connectivity index (χ1v) is 4.41. The minimum absolute atomic E-state index is 0.0874. The van der Waals surface area contributed by atoms with E-state index in [9.17, 15) is 13.2 Å². The van der Waals surface area contributed by atoms with Crippen molar-refractivity contribution < 1.29 is 13.2 Å². The van der Waals surface area contributed by atoms with Crippen molar-refractivity contribution in [2.24, 2.45) is 0 Å². The SMILES string of the molecule is CCCc1cnc(Cl)nc1C(F)(F)F. The van der Waals surface area contributed by atoms with Crippen LogP contribution in [0.4, 0.5) is 13.2 Å². The molecule has 0 amide bonds. The minimum Gasteiger partial charge on any atom is -0.226 e. The zero-order valence-electron chi connectivity index (χ0n) is 7.40. The maximum absolute atomic E-state index is 12.4. The Morgan fingerprint density at radius 2 is 2.07 bits per heavy atom. The van der Waals surface area contributed by atoms with Crippen LogP contribution in [0, 0.1) is 0 Å². The topological polar surface area (TPSA) is 25.8 Å². The number of halogens is 4. The highest BCUT2D eigenvalue weighted by molar-refractivity contribution is 6.28. The summed E-state index contributed by atoms with van der Waals surface area (Å²) in [7, 11) is 0. The Morgan fingerprint density at radius 3 is 2.57 bits per heavy atom. The molecule has 0 aliphatic carbocycles. The second-order valence-corrected chi connectivity index (χ2v) is 3.10. The van der Waals surface area contributed by atoms with Gasteiger partial charge in [0.25, 0.3) is 0 Å². The molecule has 0 fully saturated rings. The van der Waals surface area contributed by atoms with Crippen molar-refractivity contribution in [3.8, 4) is 0 Å². The average molecular weight is 225 g/mol. The largest absolute Gasteiger partial charge is 0.433 e. The Hall–Kier alpha value is -0.840. The molecule has 1 rings (SSSR count).